The van der Waals surface area contributed by atoms with Crippen LogP contribution in [0.1, 0.15) is 22.3 Å². The van der Waals surface area contributed by atoms with Gasteiger partial charge in [-0.25, -0.2) is 0 Å². The first-order valence-corrected chi connectivity index (χ1v) is 6.36. The number of aryl methyl sites for hydroxylation is 2. The van der Waals surface area contributed by atoms with Crippen LogP contribution in [0.3, 0.4) is 0 Å². The summed E-state index contributed by atoms with van der Waals surface area (Å²) in [6.07, 6.45) is 0. The van der Waals surface area contributed by atoms with Crippen molar-refractivity contribution in [2.45, 2.75) is 20.5 Å². The summed E-state index contributed by atoms with van der Waals surface area (Å²) in [5.41, 5.74) is 3.87. The Morgan fingerprint density at radius 2 is 1.84 bits per heavy atom. The van der Waals surface area contributed by atoms with Crippen molar-refractivity contribution in [2.75, 3.05) is 0 Å². The number of nitriles is 1. The third-order valence-electron chi connectivity index (χ3n) is 2.76. The van der Waals surface area contributed by atoms with E-state index >= 15 is 0 Å². The van der Waals surface area contributed by atoms with Crippen molar-refractivity contribution in [3.8, 4) is 11.8 Å². The van der Waals surface area contributed by atoms with Gasteiger partial charge in [0.25, 0.3) is 0 Å². The lowest BCUT2D eigenvalue weighted by Gasteiger charge is -2.10. The maximum absolute atomic E-state index is 9.07. The Kier molecular flexibility index (Phi) is 4.09. The standard InChI is InChI=1S/C16H14ClNO/c1-11-6-12(2)8-13(7-11)10-19-16-5-3-4-15(17)14(16)9-18/h3-8H,10H2,1-2H3. The molecule has 0 bridgehead atoms. The van der Waals surface area contributed by atoms with Gasteiger partial charge < -0.3 is 4.74 Å². The maximum Gasteiger partial charge on any atom is 0.139 e. The van der Waals surface area contributed by atoms with Crippen LogP contribution in [0.25, 0.3) is 0 Å². The Bertz CT molecular complexity index is 623. The van der Waals surface area contributed by atoms with Crippen LogP contribution in [0.15, 0.2) is 36.4 Å². The van der Waals surface area contributed by atoms with E-state index in [1.54, 1.807) is 18.2 Å². The molecule has 0 fully saturated rings. The lowest BCUT2D eigenvalue weighted by Crippen LogP contribution is -1.98. The number of halogens is 1. The lowest BCUT2D eigenvalue weighted by atomic mass is 10.1. The highest BCUT2D eigenvalue weighted by molar-refractivity contribution is 6.31. The molecular weight excluding hydrogens is 258 g/mol. The Balaban J connectivity index is 2.19. The van der Waals surface area contributed by atoms with Crippen LogP contribution in [0.5, 0.6) is 5.75 Å². The quantitative estimate of drug-likeness (QED) is 0.828. The highest BCUT2D eigenvalue weighted by atomic mass is 35.5. The van der Waals surface area contributed by atoms with Crippen LogP contribution in [0.4, 0.5) is 0 Å². The monoisotopic (exact) mass is 271 g/mol. The molecule has 0 spiro atoms. The second kappa shape index (κ2) is 5.77. The number of ether oxygens (including phenoxy) is 1. The van der Waals surface area contributed by atoms with Gasteiger partial charge in [0.2, 0.25) is 0 Å². The maximum atomic E-state index is 9.07. The lowest BCUT2D eigenvalue weighted by molar-refractivity contribution is 0.305. The molecule has 0 heterocycles. The molecule has 2 rings (SSSR count). The molecule has 2 nitrogen and oxygen atoms in total. The molecular formula is C16H14ClNO. The fourth-order valence-corrected chi connectivity index (χ4v) is 2.25. The van der Waals surface area contributed by atoms with Crippen LogP contribution in [0.2, 0.25) is 5.02 Å². The molecule has 19 heavy (non-hydrogen) atoms. The van der Waals surface area contributed by atoms with E-state index in [1.165, 1.54) is 11.1 Å². The fraction of sp³-hybridized carbons (Fsp3) is 0.188. The summed E-state index contributed by atoms with van der Waals surface area (Å²) in [7, 11) is 0. The summed E-state index contributed by atoms with van der Waals surface area (Å²) in [4.78, 5) is 0. The molecule has 96 valence electrons. The third-order valence-corrected chi connectivity index (χ3v) is 3.08. The zero-order valence-electron chi connectivity index (χ0n) is 10.9. The highest BCUT2D eigenvalue weighted by Gasteiger charge is 2.07. The van der Waals surface area contributed by atoms with E-state index < -0.39 is 0 Å². The van der Waals surface area contributed by atoms with Gasteiger partial charge in [0.05, 0.1) is 5.02 Å². The topological polar surface area (TPSA) is 33.0 Å². The molecule has 0 aromatic heterocycles. The Morgan fingerprint density at radius 3 is 2.47 bits per heavy atom. The summed E-state index contributed by atoms with van der Waals surface area (Å²) >= 11 is 5.96. The predicted octanol–water partition coefficient (Wildman–Crippen LogP) is 4.41. The highest BCUT2D eigenvalue weighted by Crippen LogP contribution is 2.26. The van der Waals surface area contributed by atoms with E-state index in [0.29, 0.717) is 22.9 Å². The van der Waals surface area contributed by atoms with Gasteiger partial charge in [0.1, 0.15) is 24.0 Å². The molecule has 0 aliphatic heterocycles. The normalized spacial score (nSPS) is 10.0. The Morgan fingerprint density at radius 1 is 1.16 bits per heavy atom. The zero-order valence-corrected chi connectivity index (χ0v) is 11.7. The minimum atomic E-state index is 0.383. The van der Waals surface area contributed by atoms with Gasteiger partial charge in [-0.05, 0) is 31.5 Å². The fourth-order valence-electron chi connectivity index (χ4n) is 2.05. The molecule has 2 aromatic carbocycles. The second-order valence-corrected chi connectivity index (χ2v) is 4.92. The van der Waals surface area contributed by atoms with Crippen molar-refractivity contribution in [3.63, 3.8) is 0 Å². The molecule has 0 aliphatic carbocycles. The van der Waals surface area contributed by atoms with Crippen molar-refractivity contribution < 1.29 is 4.74 Å². The number of benzene rings is 2. The molecule has 0 unspecified atom stereocenters. The van der Waals surface area contributed by atoms with E-state index in [9.17, 15) is 0 Å². The molecule has 0 atom stereocenters. The van der Waals surface area contributed by atoms with Crippen LogP contribution in [0, 0.1) is 25.2 Å². The van der Waals surface area contributed by atoms with Gasteiger partial charge in [-0.15, -0.1) is 0 Å². The average Bonchev–Trinajstić information content (AvgIpc) is 2.35. The first kappa shape index (κ1) is 13.5. The van der Waals surface area contributed by atoms with E-state index in [4.69, 9.17) is 21.6 Å². The molecule has 0 radical (unpaired) electrons. The summed E-state index contributed by atoms with van der Waals surface area (Å²) < 4.78 is 5.70. The molecule has 0 saturated carbocycles. The van der Waals surface area contributed by atoms with E-state index in [-0.39, 0.29) is 0 Å². The van der Waals surface area contributed by atoms with Gasteiger partial charge in [0.15, 0.2) is 0 Å². The average molecular weight is 272 g/mol. The van der Waals surface area contributed by atoms with Gasteiger partial charge in [-0.1, -0.05) is 47.0 Å². The van der Waals surface area contributed by atoms with E-state index in [0.717, 1.165) is 5.56 Å². The largest absolute Gasteiger partial charge is 0.487 e. The summed E-state index contributed by atoms with van der Waals surface area (Å²) in [6, 6.07) is 13.5. The number of hydrogen-bond acceptors (Lipinski definition) is 2. The molecule has 0 N–H and O–H groups in total. The van der Waals surface area contributed by atoms with Crippen molar-refractivity contribution in [1.82, 2.24) is 0 Å². The predicted molar refractivity (Wildman–Crippen MR) is 76.4 cm³/mol. The Labute approximate surface area is 118 Å². The number of hydrogen-bond donors (Lipinski definition) is 0. The molecule has 0 amide bonds. The van der Waals surface area contributed by atoms with Crippen LogP contribution < -0.4 is 4.74 Å². The number of nitrogens with zero attached hydrogens (tertiary/aromatic N) is 1. The molecule has 3 heteroatoms. The summed E-state index contributed by atoms with van der Waals surface area (Å²) in [5.74, 6) is 0.522. The SMILES string of the molecule is Cc1cc(C)cc(COc2cccc(Cl)c2C#N)c1. The van der Waals surface area contributed by atoms with Crippen molar-refractivity contribution in [1.29, 1.82) is 5.26 Å². The van der Waals surface area contributed by atoms with Crippen molar-refractivity contribution in [3.05, 3.63) is 63.7 Å². The van der Waals surface area contributed by atoms with Crippen molar-refractivity contribution >= 4 is 11.6 Å². The molecule has 0 aliphatic rings. The van der Waals surface area contributed by atoms with Gasteiger partial charge in [-0.2, -0.15) is 5.26 Å². The first-order valence-electron chi connectivity index (χ1n) is 5.99. The van der Waals surface area contributed by atoms with Crippen LogP contribution in [-0.2, 0) is 6.61 Å². The minimum absolute atomic E-state index is 0.383. The van der Waals surface area contributed by atoms with Crippen LogP contribution in [-0.4, -0.2) is 0 Å². The summed E-state index contributed by atoms with van der Waals surface area (Å²) in [5, 5.41) is 9.49. The third kappa shape index (κ3) is 3.27. The van der Waals surface area contributed by atoms with Gasteiger partial charge >= 0.3 is 0 Å². The van der Waals surface area contributed by atoms with E-state index in [2.05, 4.69) is 38.1 Å². The second-order valence-electron chi connectivity index (χ2n) is 4.51. The Hall–Kier alpha value is -1.98. The minimum Gasteiger partial charge on any atom is -0.487 e. The van der Waals surface area contributed by atoms with E-state index in [1.807, 2.05) is 0 Å². The van der Waals surface area contributed by atoms with Gasteiger partial charge in [-0.3, -0.25) is 0 Å². The molecule has 0 saturated heterocycles. The zero-order chi connectivity index (χ0) is 13.8. The summed E-state index contributed by atoms with van der Waals surface area (Å²) in [6.45, 7) is 4.53. The smallest absolute Gasteiger partial charge is 0.139 e. The van der Waals surface area contributed by atoms with Gasteiger partial charge in [0, 0.05) is 0 Å². The first-order chi connectivity index (χ1) is 9.10. The van der Waals surface area contributed by atoms with Crippen LogP contribution >= 0.6 is 11.6 Å². The van der Waals surface area contributed by atoms with Crippen molar-refractivity contribution in [2.24, 2.45) is 0 Å². The number of rotatable bonds is 3. The molecule has 2 aromatic rings.